The summed E-state index contributed by atoms with van der Waals surface area (Å²) >= 11 is 1.37. The third kappa shape index (κ3) is 4.15. The normalized spacial score (nSPS) is 10.8. The summed E-state index contributed by atoms with van der Waals surface area (Å²) in [6.07, 6.45) is 1.89. The molecule has 4 aromatic rings. The van der Waals surface area contributed by atoms with E-state index in [1.54, 1.807) is 17.7 Å². The van der Waals surface area contributed by atoms with E-state index in [0.717, 1.165) is 21.9 Å². The predicted octanol–water partition coefficient (Wildman–Crippen LogP) is 4.14. The maximum Gasteiger partial charge on any atom is 0.234 e. The van der Waals surface area contributed by atoms with Gasteiger partial charge in [-0.25, -0.2) is 9.50 Å². The summed E-state index contributed by atoms with van der Waals surface area (Å²) in [4.78, 5) is 16.8. The lowest BCUT2D eigenvalue weighted by atomic mass is 10.2. The van der Waals surface area contributed by atoms with Crippen LogP contribution >= 0.6 is 11.8 Å². The van der Waals surface area contributed by atoms with Crippen LogP contribution in [0.5, 0.6) is 5.75 Å². The van der Waals surface area contributed by atoms with Crippen molar-refractivity contribution in [3.63, 3.8) is 0 Å². The number of nitrogens with one attached hydrogen (secondary N) is 1. The van der Waals surface area contributed by atoms with Gasteiger partial charge in [-0.15, -0.1) is 0 Å². The van der Waals surface area contributed by atoms with Crippen molar-refractivity contribution < 1.29 is 9.53 Å². The minimum atomic E-state index is -0.101. The molecule has 7 heteroatoms. The van der Waals surface area contributed by atoms with E-state index in [2.05, 4.69) is 15.4 Å². The number of rotatable bonds is 6. The quantitative estimate of drug-likeness (QED) is 0.501. The Morgan fingerprint density at radius 2 is 1.96 bits per heavy atom. The van der Waals surface area contributed by atoms with Crippen molar-refractivity contribution in [2.75, 3.05) is 18.2 Å². The molecule has 2 aromatic heterocycles. The summed E-state index contributed by atoms with van der Waals surface area (Å²) in [5, 5.41) is 8.16. The Hall–Kier alpha value is -3.32. The molecule has 0 saturated carbocycles. The summed E-state index contributed by atoms with van der Waals surface area (Å²) < 4.78 is 6.91. The number of carbonyl (C=O) groups is 1. The number of amides is 1. The van der Waals surface area contributed by atoms with E-state index >= 15 is 0 Å². The molecule has 1 amide bonds. The lowest BCUT2D eigenvalue weighted by Gasteiger charge is -2.06. The monoisotopic (exact) mass is 390 g/mol. The highest BCUT2D eigenvalue weighted by molar-refractivity contribution is 7.99. The summed E-state index contributed by atoms with van der Waals surface area (Å²) in [6, 6.07) is 21.0. The highest BCUT2D eigenvalue weighted by Crippen LogP contribution is 2.21. The maximum atomic E-state index is 12.2. The van der Waals surface area contributed by atoms with Crippen LogP contribution in [-0.4, -0.2) is 33.4 Å². The van der Waals surface area contributed by atoms with Gasteiger partial charge in [0.1, 0.15) is 10.8 Å². The van der Waals surface area contributed by atoms with Crippen LogP contribution in [0.15, 0.2) is 78.0 Å². The van der Waals surface area contributed by atoms with Gasteiger partial charge in [0.05, 0.1) is 24.8 Å². The summed E-state index contributed by atoms with van der Waals surface area (Å²) in [5.74, 6) is 0.860. The fourth-order valence-electron chi connectivity index (χ4n) is 2.73. The first kappa shape index (κ1) is 18.1. The number of methoxy groups -OCH3 is 1. The fraction of sp³-hybridized carbons (Fsp3) is 0.0952. The molecule has 0 spiro atoms. The molecule has 6 nitrogen and oxygen atoms in total. The van der Waals surface area contributed by atoms with Crippen LogP contribution in [-0.2, 0) is 4.79 Å². The number of anilines is 1. The average molecular weight is 390 g/mol. The number of benzene rings is 2. The van der Waals surface area contributed by atoms with Crippen molar-refractivity contribution in [1.29, 1.82) is 0 Å². The van der Waals surface area contributed by atoms with Crippen molar-refractivity contribution in [2.24, 2.45) is 0 Å². The number of aromatic nitrogens is 3. The molecule has 2 aromatic carbocycles. The Morgan fingerprint density at radius 3 is 2.79 bits per heavy atom. The van der Waals surface area contributed by atoms with Gasteiger partial charge in [-0.3, -0.25) is 4.79 Å². The molecule has 28 heavy (non-hydrogen) atoms. The van der Waals surface area contributed by atoms with Crippen LogP contribution in [0.3, 0.4) is 0 Å². The number of thioether (sulfide) groups is 1. The van der Waals surface area contributed by atoms with Gasteiger partial charge in [-0.2, -0.15) is 5.10 Å². The van der Waals surface area contributed by atoms with Crippen LogP contribution in [0.25, 0.3) is 16.9 Å². The van der Waals surface area contributed by atoms with E-state index in [1.807, 2.05) is 66.9 Å². The zero-order valence-electron chi connectivity index (χ0n) is 15.2. The Bertz CT molecular complexity index is 1110. The smallest absolute Gasteiger partial charge is 0.234 e. The predicted molar refractivity (Wildman–Crippen MR) is 111 cm³/mol. The summed E-state index contributed by atoms with van der Waals surface area (Å²) in [6.45, 7) is 0. The largest absolute Gasteiger partial charge is 0.497 e. The molecule has 0 aliphatic carbocycles. The zero-order chi connectivity index (χ0) is 19.3. The molecule has 4 rings (SSSR count). The Morgan fingerprint density at radius 1 is 1.11 bits per heavy atom. The van der Waals surface area contributed by atoms with Crippen LogP contribution in [0.2, 0.25) is 0 Å². The van der Waals surface area contributed by atoms with Gasteiger partial charge in [0.2, 0.25) is 5.91 Å². The molecule has 0 radical (unpaired) electrons. The van der Waals surface area contributed by atoms with E-state index < -0.39 is 0 Å². The molecule has 0 aliphatic rings. The molecule has 1 N–H and O–H groups in total. The van der Waals surface area contributed by atoms with Gasteiger partial charge in [0.15, 0.2) is 5.65 Å². The van der Waals surface area contributed by atoms with Gasteiger partial charge in [0.25, 0.3) is 0 Å². The third-order valence-corrected chi connectivity index (χ3v) is 4.99. The molecule has 0 atom stereocenters. The lowest BCUT2D eigenvalue weighted by molar-refractivity contribution is -0.113. The lowest BCUT2D eigenvalue weighted by Crippen LogP contribution is -2.14. The van der Waals surface area contributed by atoms with Crippen LogP contribution in [0, 0.1) is 0 Å². The maximum absolute atomic E-state index is 12.2. The van der Waals surface area contributed by atoms with E-state index in [1.165, 1.54) is 11.8 Å². The van der Waals surface area contributed by atoms with Crippen LogP contribution < -0.4 is 10.1 Å². The van der Waals surface area contributed by atoms with Crippen molar-refractivity contribution in [2.45, 2.75) is 5.03 Å². The number of nitrogens with zero attached hydrogens (tertiary/aromatic N) is 3. The van der Waals surface area contributed by atoms with Crippen molar-refractivity contribution in [3.8, 4) is 17.0 Å². The van der Waals surface area contributed by atoms with Crippen molar-refractivity contribution >= 4 is 29.0 Å². The van der Waals surface area contributed by atoms with Crippen LogP contribution in [0.4, 0.5) is 5.69 Å². The van der Waals surface area contributed by atoms with E-state index in [9.17, 15) is 4.79 Å². The SMILES string of the molecule is COc1cccc(NC(=O)CSc2ccc3nc(-c4ccccc4)cn3n2)c1. The first-order valence-corrected chi connectivity index (χ1v) is 9.68. The first-order chi connectivity index (χ1) is 13.7. The molecular weight excluding hydrogens is 372 g/mol. The molecule has 0 unspecified atom stereocenters. The topological polar surface area (TPSA) is 68.5 Å². The van der Waals surface area contributed by atoms with Gasteiger partial charge in [-0.05, 0) is 24.3 Å². The second-order valence-electron chi connectivity index (χ2n) is 6.04. The van der Waals surface area contributed by atoms with Gasteiger partial charge >= 0.3 is 0 Å². The zero-order valence-corrected chi connectivity index (χ0v) is 16.0. The second kappa shape index (κ2) is 8.14. The standard InChI is InChI=1S/C21H18N4O2S/c1-27-17-9-5-8-16(12-17)22-20(26)14-28-21-11-10-19-23-18(13-25(19)24-21)15-6-3-2-4-7-15/h2-13H,14H2,1H3,(H,22,26). The number of hydrogen-bond acceptors (Lipinski definition) is 5. The Labute approximate surface area is 166 Å². The molecule has 0 fully saturated rings. The fourth-order valence-corrected chi connectivity index (χ4v) is 3.39. The van der Waals surface area contributed by atoms with E-state index in [0.29, 0.717) is 11.4 Å². The minimum absolute atomic E-state index is 0.101. The van der Waals surface area contributed by atoms with Gasteiger partial charge in [-0.1, -0.05) is 48.2 Å². The molecule has 140 valence electrons. The first-order valence-electron chi connectivity index (χ1n) is 8.70. The molecule has 0 bridgehead atoms. The highest BCUT2D eigenvalue weighted by Gasteiger charge is 2.08. The second-order valence-corrected chi connectivity index (χ2v) is 7.03. The number of imidazole rings is 1. The van der Waals surface area contributed by atoms with E-state index in [4.69, 9.17) is 4.74 Å². The molecule has 0 saturated heterocycles. The van der Waals surface area contributed by atoms with Gasteiger partial charge in [0, 0.05) is 17.3 Å². The number of ether oxygens (including phenoxy) is 1. The number of fused-ring (bicyclic) bond motifs is 1. The third-order valence-electron chi connectivity index (χ3n) is 4.07. The Balaban J connectivity index is 1.42. The molecular formula is C21H18N4O2S. The minimum Gasteiger partial charge on any atom is -0.497 e. The highest BCUT2D eigenvalue weighted by atomic mass is 32.2. The summed E-state index contributed by atoms with van der Waals surface area (Å²) in [7, 11) is 1.60. The Kier molecular flexibility index (Phi) is 5.25. The average Bonchev–Trinajstić information content (AvgIpc) is 3.16. The van der Waals surface area contributed by atoms with E-state index in [-0.39, 0.29) is 11.7 Å². The molecule has 0 aliphatic heterocycles. The van der Waals surface area contributed by atoms with Crippen LogP contribution in [0.1, 0.15) is 0 Å². The molecule has 2 heterocycles. The van der Waals surface area contributed by atoms with Crippen molar-refractivity contribution in [1.82, 2.24) is 14.6 Å². The van der Waals surface area contributed by atoms with Gasteiger partial charge < -0.3 is 10.1 Å². The van der Waals surface area contributed by atoms with Crippen molar-refractivity contribution in [3.05, 3.63) is 72.9 Å². The summed E-state index contributed by atoms with van der Waals surface area (Å²) in [5.41, 5.74) is 3.38. The number of hydrogen-bond donors (Lipinski definition) is 1. The number of carbonyl (C=O) groups excluding carboxylic acids is 1.